The monoisotopic (exact) mass is 382 g/mol. The topological polar surface area (TPSA) is 69.7 Å². The third kappa shape index (κ3) is 6.32. The van der Waals surface area contributed by atoms with Crippen molar-refractivity contribution in [3.63, 3.8) is 0 Å². The standard InChI is InChI=1S/C16H21F3O5S/c1-4-23-15(20)14(24-25(21,22)16(17,18)19)7-5-6-13-9-8-11(2)10-12(13)3/h8-10,14H,4-7H2,1-3H3. The summed E-state index contributed by atoms with van der Waals surface area (Å²) in [5.41, 5.74) is -2.54. The number of carbonyl (C=O) groups excluding carboxylic acids is 1. The molecule has 142 valence electrons. The van der Waals surface area contributed by atoms with Crippen molar-refractivity contribution in [1.29, 1.82) is 0 Å². The molecule has 5 nitrogen and oxygen atoms in total. The van der Waals surface area contributed by atoms with Crippen molar-refractivity contribution in [2.75, 3.05) is 6.61 Å². The van der Waals surface area contributed by atoms with Crippen LogP contribution in [0.4, 0.5) is 13.2 Å². The minimum atomic E-state index is -5.87. The van der Waals surface area contributed by atoms with Crippen molar-refractivity contribution in [2.45, 2.75) is 51.6 Å². The van der Waals surface area contributed by atoms with Gasteiger partial charge in [-0.05, 0) is 51.2 Å². The minimum Gasteiger partial charge on any atom is -0.464 e. The number of hydrogen-bond donors (Lipinski definition) is 0. The number of benzene rings is 1. The molecule has 1 atom stereocenters. The molecule has 0 fully saturated rings. The van der Waals surface area contributed by atoms with E-state index < -0.39 is 27.7 Å². The lowest BCUT2D eigenvalue weighted by atomic mass is 10.00. The van der Waals surface area contributed by atoms with Gasteiger partial charge in [-0.3, -0.25) is 0 Å². The Morgan fingerprint density at radius 3 is 2.40 bits per heavy atom. The molecule has 0 aliphatic rings. The molecule has 0 bridgehead atoms. The van der Waals surface area contributed by atoms with Crippen LogP contribution in [-0.2, 0) is 30.3 Å². The lowest BCUT2D eigenvalue weighted by Crippen LogP contribution is -2.35. The molecule has 0 heterocycles. The first-order valence-electron chi connectivity index (χ1n) is 7.70. The molecule has 1 aromatic carbocycles. The van der Waals surface area contributed by atoms with Crippen molar-refractivity contribution in [3.05, 3.63) is 34.9 Å². The van der Waals surface area contributed by atoms with E-state index in [9.17, 15) is 26.4 Å². The van der Waals surface area contributed by atoms with Crippen LogP contribution in [0.3, 0.4) is 0 Å². The SMILES string of the molecule is CCOC(=O)C(CCCc1ccc(C)cc1C)OS(=O)(=O)C(F)(F)F. The van der Waals surface area contributed by atoms with Gasteiger partial charge in [-0.1, -0.05) is 23.8 Å². The molecule has 0 aliphatic heterocycles. The summed E-state index contributed by atoms with van der Waals surface area (Å²) in [4.78, 5) is 11.7. The highest BCUT2D eigenvalue weighted by molar-refractivity contribution is 7.87. The van der Waals surface area contributed by atoms with Crippen molar-refractivity contribution < 1.29 is 35.3 Å². The van der Waals surface area contributed by atoms with E-state index in [1.165, 1.54) is 6.92 Å². The van der Waals surface area contributed by atoms with E-state index in [2.05, 4.69) is 8.92 Å². The molecule has 0 amide bonds. The van der Waals surface area contributed by atoms with E-state index in [1.54, 1.807) is 0 Å². The predicted octanol–water partition coefficient (Wildman–Crippen LogP) is 3.42. The normalized spacial score (nSPS) is 13.5. The number of esters is 1. The van der Waals surface area contributed by atoms with E-state index in [-0.39, 0.29) is 19.4 Å². The summed E-state index contributed by atoms with van der Waals surface area (Å²) in [5.74, 6) is -1.13. The molecular weight excluding hydrogens is 361 g/mol. The molecule has 1 unspecified atom stereocenters. The van der Waals surface area contributed by atoms with Gasteiger partial charge >= 0.3 is 21.6 Å². The van der Waals surface area contributed by atoms with Gasteiger partial charge in [0.1, 0.15) is 0 Å². The van der Waals surface area contributed by atoms with Gasteiger partial charge < -0.3 is 4.74 Å². The Hall–Kier alpha value is -1.61. The smallest absolute Gasteiger partial charge is 0.464 e. The van der Waals surface area contributed by atoms with Gasteiger partial charge in [0, 0.05) is 0 Å². The summed E-state index contributed by atoms with van der Waals surface area (Å²) < 4.78 is 68.3. The minimum absolute atomic E-state index is 0.0954. The Labute approximate surface area is 145 Å². The quantitative estimate of drug-likeness (QED) is 0.391. The van der Waals surface area contributed by atoms with Gasteiger partial charge in [0.2, 0.25) is 0 Å². The van der Waals surface area contributed by atoms with Gasteiger partial charge in [0.25, 0.3) is 0 Å². The zero-order valence-electron chi connectivity index (χ0n) is 14.2. The highest BCUT2D eigenvalue weighted by Gasteiger charge is 2.49. The van der Waals surface area contributed by atoms with Gasteiger partial charge in [-0.25, -0.2) is 8.98 Å². The summed E-state index contributed by atoms with van der Waals surface area (Å²) in [6.45, 7) is 5.20. The molecule has 0 saturated carbocycles. The maximum Gasteiger partial charge on any atom is 0.523 e. The zero-order valence-corrected chi connectivity index (χ0v) is 15.0. The van der Waals surface area contributed by atoms with Crippen molar-refractivity contribution in [1.82, 2.24) is 0 Å². The van der Waals surface area contributed by atoms with Crippen LogP contribution in [0.1, 0.15) is 36.5 Å². The van der Waals surface area contributed by atoms with Crippen LogP contribution in [-0.4, -0.2) is 32.6 Å². The molecule has 0 N–H and O–H groups in total. The lowest BCUT2D eigenvalue weighted by Gasteiger charge is -2.17. The second kappa shape index (κ2) is 8.66. The Balaban J connectivity index is 2.79. The van der Waals surface area contributed by atoms with Gasteiger partial charge in [-0.2, -0.15) is 21.6 Å². The summed E-state index contributed by atoms with van der Waals surface area (Å²) in [7, 11) is -5.87. The Bertz CT molecular complexity index is 698. The third-order valence-corrected chi connectivity index (χ3v) is 4.54. The zero-order chi connectivity index (χ0) is 19.3. The predicted molar refractivity (Wildman–Crippen MR) is 85.3 cm³/mol. The fourth-order valence-electron chi connectivity index (χ4n) is 2.25. The Morgan fingerprint density at radius 1 is 1.24 bits per heavy atom. The van der Waals surface area contributed by atoms with Crippen molar-refractivity contribution >= 4 is 16.1 Å². The van der Waals surface area contributed by atoms with Crippen LogP contribution >= 0.6 is 0 Å². The second-order valence-corrected chi connectivity index (χ2v) is 7.12. The average Bonchev–Trinajstić information content (AvgIpc) is 2.47. The van der Waals surface area contributed by atoms with E-state index in [0.29, 0.717) is 6.42 Å². The number of rotatable bonds is 8. The molecule has 25 heavy (non-hydrogen) atoms. The Morgan fingerprint density at radius 2 is 1.88 bits per heavy atom. The molecule has 0 aliphatic carbocycles. The molecule has 1 aromatic rings. The molecule has 9 heteroatoms. The van der Waals surface area contributed by atoms with Crippen LogP contribution in [0, 0.1) is 13.8 Å². The fourth-order valence-corrected chi connectivity index (χ4v) is 2.84. The highest BCUT2D eigenvalue weighted by Crippen LogP contribution is 2.27. The fraction of sp³-hybridized carbons (Fsp3) is 0.562. The molecule has 0 radical (unpaired) electrons. The molecule has 1 rings (SSSR count). The van der Waals surface area contributed by atoms with E-state index in [4.69, 9.17) is 0 Å². The van der Waals surface area contributed by atoms with Gasteiger partial charge in [0.15, 0.2) is 6.10 Å². The number of carbonyl (C=O) groups is 1. The number of alkyl halides is 3. The summed E-state index contributed by atoms with van der Waals surface area (Å²) in [6, 6.07) is 5.75. The van der Waals surface area contributed by atoms with Crippen LogP contribution < -0.4 is 0 Å². The third-order valence-electron chi connectivity index (χ3n) is 3.49. The maximum absolute atomic E-state index is 12.5. The maximum atomic E-state index is 12.5. The first-order valence-corrected chi connectivity index (χ1v) is 9.11. The second-order valence-electron chi connectivity index (χ2n) is 5.56. The highest BCUT2D eigenvalue weighted by atomic mass is 32.2. The van der Waals surface area contributed by atoms with Gasteiger partial charge in [0.05, 0.1) is 6.61 Å². The lowest BCUT2D eigenvalue weighted by molar-refractivity contribution is -0.152. The Kier molecular flexibility index (Phi) is 7.43. The average molecular weight is 382 g/mol. The molecule has 0 spiro atoms. The van der Waals surface area contributed by atoms with Crippen LogP contribution in [0.2, 0.25) is 0 Å². The van der Waals surface area contributed by atoms with Crippen LogP contribution in [0.5, 0.6) is 0 Å². The summed E-state index contributed by atoms with van der Waals surface area (Å²) in [5, 5.41) is 0. The van der Waals surface area contributed by atoms with Gasteiger partial charge in [-0.15, -0.1) is 0 Å². The van der Waals surface area contributed by atoms with Crippen LogP contribution in [0.15, 0.2) is 18.2 Å². The van der Waals surface area contributed by atoms with Crippen molar-refractivity contribution in [3.8, 4) is 0 Å². The van der Waals surface area contributed by atoms with Crippen molar-refractivity contribution in [2.24, 2.45) is 0 Å². The van der Waals surface area contributed by atoms with E-state index in [1.807, 2.05) is 32.0 Å². The summed E-state index contributed by atoms with van der Waals surface area (Å²) >= 11 is 0. The molecule has 0 saturated heterocycles. The number of aryl methyl sites for hydroxylation is 3. The van der Waals surface area contributed by atoms with E-state index in [0.717, 1.165) is 16.7 Å². The largest absolute Gasteiger partial charge is 0.523 e. The molecule has 0 aromatic heterocycles. The van der Waals surface area contributed by atoms with E-state index >= 15 is 0 Å². The molecular formula is C16H21F3O5S. The number of hydrogen-bond acceptors (Lipinski definition) is 5. The summed E-state index contributed by atoms with van der Waals surface area (Å²) in [6.07, 6.45) is -1.29. The number of ether oxygens (including phenoxy) is 1. The number of halogens is 3. The first-order chi connectivity index (χ1) is 11.5. The first kappa shape index (κ1) is 21.4. The van der Waals surface area contributed by atoms with Crippen LogP contribution in [0.25, 0.3) is 0 Å².